The minimum Gasteiger partial charge on any atom is -0.382 e. The van der Waals surface area contributed by atoms with Crippen molar-refractivity contribution >= 4 is 5.84 Å². The number of hydrogen-bond acceptors (Lipinski definition) is 3. The highest BCUT2D eigenvalue weighted by atomic mass is 16.5. The first-order valence-electron chi connectivity index (χ1n) is 6.13. The van der Waals surface area contributed by atoms with Crippen LogP contribution in [0.4, 0.5) is 0 Å². The highest BCUT2D eigenvalue weighted by molar-refractivity contribution is 5.93. The molecular weight excluding hydrogens is 214 g/mol. The second kappa shape index (κ2) is 5.77. The molecule has 4 nitrogen and oxygen atoms in total. The third kappa shape index (κ3) is 3.53. The molecule has 4 heteroatoms. The third-order valence-corrected chi connectivity index (χ3v) is 3.26. The summed E-state index contributed by atoms with van der Waals surface area (Å²) in [7, 11) is 0. The summed E-state index contributed by atoms with van der Waals surface area (Å²) in [5.74, 6) is 0.890. The van der Waals surface area contributed by atoms with Crippen molar-refractivity contribution in [2.45, 2.75) is 32.3 Å². The Labute approximate surface area is 102 Å². The van der Waals surface area contributed by atoms with Crippen molar-refractivity contribution in [1.29, 1.82) is 5.41 Å². The van der Waals surface area contributed by atoms with Gasteiger partial charge in [-0.1, -0.05) is 19.3 Å². The molecule has 0 spiro atoms. The summed E-state index contributed by atoms with van der Waals surface area (Å²) in [6, 6.07) is 3.71. The van der Waals surface area contributed by atoms with Crippen LogP contribution in [-0.2, 0) is 11.3 Å². The molecule has 1 aromatic rings. The van der Waals surface area contributed by atoms with Crippen LogP contribution in [0.3, 0.4) is 0 Å². The second-order valence-corrected chi connectivity index (χ2v) is 4.60. The number of amidine groups is 1. The molecule has 3 N–H and O–H groups in total. The zero-order valence-electron chi connectivity index (χ0n) is 9.98. The Morgan fingerprint density at radius 2 is 2.35 bits per heavy atom. The first-order chi connectivity index (χ1) is 8.25. The summed E-state index contributed by atoms with van der Waals surface area (Å²) in [6.45, 7) is 1.40. The average molecular weight is 233 g/mol. The highest BCUT2D eigenvalue weighted by Crippen LogP contribution is 2.29. The van der Waals surface area contributed by atoms with E-state index in [0.717, 1.165) is 18.1 Å². The minimum atomic E-state index is 0.00122. The molecule has 17 heavy (non-hydrogen) atoms. The summed E-state index contributed by atoms with van der Waals surface area (Å²) >= 11 is 0. The van der Waals surface area contributed by atoms with Gasteiger partial charge in [0.15, 0.2) is 0 Å². The Hall–Kier alpha value is -1.42. The number of pyridine rings is 1. The smallest absolute Gasteiger partial charge is 0.141 e. The number of hydrogen-bond donors (Lipinski definition) is 2. The van der Waals surface area contributed by atoms with E-state index in [9.17, 15) is 0 Å². The molecule has 1 aliphatic carbocycles. The number of nitrogens with two attached hydrogens (primary N) is 1. The quantitative estimate of drug-likeness (QED) is 0.449. The van der Waals surface area contributed by atoms with E-state index in [1.807, 2.05) is 12.1 Å². The first-order valence-corrected chi connectivity index (χ1v) is 6.13. The molecule has 0 saturated heterocycles. The lowest BCUT2D eigenvalue weighted by molar-refractivity contribution is 0.0949. The lowest BCUT2D eigenvalue weighted by atomic mass is 9.83. The van der Waals surface area contributed by atoms with Crippen molar-refractivity contribution in [3.05, 3.63) is 29.6 Å². The fourth-order valence-corrected chi connectivity index (χ4v) is 1.93. The van der Waals surface area contributed by atoms with Gasteiger partial charge in [-0.25, -0.2) is 0 Å². The van der Waals surface area contributed by atoms with E-state index in [0.29, 0.717) is 12.3 Å². The lowest BCUT2D eigenvalue weighted by Crippen LogP contribution is -2.14. The van der Waals surface area contributed by atoms with E-state index < -0.39 is 0 Å². The van der Waals surface area contributed by atoms with Crippen LogP contribution in [0.25, 0.3) is 0 Å². The van der Waals surface area contributed by atoms with Gasteiger partial charge in [-0.3, -0.25) is 10.4 Å². The summed E-state index contributed by atoms with van der Waals surface area (Å²) in [5, 5.41) is 7.31. The molecule has 0 amide bonds. The molecule has 92 valence electrons. The van der Waals surface area contributed by atoms with Crippen LogP contribution in [0.5, 0.6) is 0 Å². The summed E-state index contributed by atoms with van der Waals surface area (Å²) in [5.41, 5.74) is 6.93. The van der Waals surface area contributed by atoms with Crippen LogP contribution in [0.2, 0.25) is 0 Å². The maximum atomic E-state index is 7.31. The maximum Gasteiger partial charge on any atom is 0.141 e. The van der Waals surface area contributed by atoms with Crippen LogP contribution in [0.1, 0.15) is 36.9 Å². The normalized spacial score (nSPS) is 15.5. The molecule has 0 bridgehead atoms. The highest BCUT2D eigenvalue weighted by Gasteiger charge is 2.16. The molecule has 1 fully saturated rings. The van der Waals surface area contributed by atoms with E-state index in [1.54, 1.807) is 6.20 Å². The van der Waals surface area contributed by atoms with Gasteiger partial charge in [0.2, 0.25) is 0 Å². The zero-order chi connectivity index (χ0) is 12.1. The van der Waals surface area contributed by atoms with E-state index in [4.69, 9.17) is 15.9 Å². The van der Waals surface area contributed by atoms with Gasteiger partial charge in [0.25, 0.3) is 0 Å². The number of nitrogen functional groups attached to an aromatic ring is 1. The van der Waals surface area contributed by atoms with Crippen molar-refractivity contribution in [3.8, 4) is 0 Å². The fraction of sp³-hybridized carbons (Fsp3) is 0.538. The molecule has 2 rings (SSSR count). The van der Waals surface area contributed by atoms with Crippen LogP contribution in [-0.4, -0.2) is 17.4 Å². The Kier molecular flexibility index (Phi) is 4.09. The molecule has 1 aromatic heterocycles. The van der Waals surface area contributed by atoms with Gasteiger partial charge in [0.1, 0.15) is 11.5 Å². The van der Waals surface area contributed by atoms with E-state index in [2.05, 4.69) is 4.98 Å². The summed E-state index contributed by atoms with van der Waals surface area (Å²) in [6.07, 6.45) is 6.96. The van der Waals surface area contributed by atoms with Gasteiger partial charge < -0.3 is 10.5 Å². The minimum absolute atomic E-state index is 0.00122. The van der Waals surface area contributed by atoms with Gasteiger partial charge in [0, 0.05) is 12.8 Å². The van der Waals surface area contributed by atoms with Crippen molar-refractivity contribution in [2.75, 3.05) is 6.61 Å². The SMILES string of the molecule is N=C(N)c1cc(COCCC2CCC2)ccn1. The van der Waals surface area contributed by atoms with Gasteiger partial charge in [-0.2, -0.15) is 0 Å². The Morgan fingerprint density at radius 1 is 1.53 bits per heavy atom. The van der Waals surface area contributed by atoms with Gasteiger partial charge >= 0.3 is 0 Å². The van der Waals surface area contributed by atoms with E-state index in [-0.39, 0.29) is 5.84 Å². The van der Waals surface area contributed by atoms with Gasteiger partial charge in [-0.05, 0) is 30.0 Å². The predicted molar refractivity (Wildman–Crippen MR) is 66.9 cm³/mol. The average Bonchev–Trinajstić information content (AvgIpc) is 2.27. The topological polar surface area (TPSA) is 72.0 Å². The largest absolute Gasteiger partial charge is 0.382 e. The van der Waals surface area contributed by atoms with Crippen molar-refractivity contribution in [3.63, 3.8) is 0 Å². The monoisotopic (exact) mass is 233 g/mol. The number of nitrogens with one attached hydrogen (secondary N) is 1. The molecule has 1 aliphatic rings. The Bertz CT molecular complexity index is 388. The standard InChI is InChI=1S/C13H19N3O/c14-13(15)12-8-11(4-6-16-12)9-17-7-5-10-2-1-3-10/h4,6,8,10H,1-3,5,7,9H2,(H3,14,15). The molecular formula is C13H19N3O. The number of rotatable bonds is 6. The van der Waals surface area contributed by atoms with Crippen molar-refractivity contribution in [2.24, 2.45) is 11.7 Å². The van der Waals surface area contributed by atoms with E-state index >= 15 is 0 Å². The summed E-state index contributed by atoms with van der Waals surface area (Å²) < 4.78 is 5.62. The van der Waals surface area contributed by atoms with Crippen LogP contribution < -0.4 is 5.73 Å². The number of ether oxygens (including phenoxy) is 1. The van der Waals surface area contributed by atoms with E-state index in [1.165, 1.54) is 25.7 Å². The summed E-state index contributed by atoms with van der Waals surface area (Å²) in [4.78, 5) is 4.01. The first kappa shape index (κ1) is 12.0. The molecule has 1 heterocycles. The van der Waals surface area contributed by atoms with Gasteiger partial charge in [-0.15, -0.1) is 0 Å². The zero-order valence-corrected chi connectivity index (χ0v) is 9.98. The van der Waals surface area contributed by atoms with Crippen LogP contribution in [0.15, 0.2) is 18.3 Å². The Morgan fingerprint density at radius 3 is 3.00 bits per heavy atom. The predicted octanol–water partition coefficient (Wildman–Crippen LogP) is 2.07. The maximum absolute atomic E-state index is 7.31. The van der Waals surface area contributed by atoms with Crippen molar-refractivity contribution < 1.29 is 4.74 Å². The van der Waals surface area contributed by atoms with Crippen LogP contribution >= 0.6 is 0 Å². The van der Waals surface area contributed by atoms with Crippen molar-refractivity contribution in [1.82, 2.24) is 4.98 Å². The molecule has 0 aliphatic heterocycles. The number of aromatic nitrogens is 1. The molecule has 0 aromatic carbocycles. The lowest BCUT2D eigenvalue weighted by Gasteiger charge is -2.24. The molecule has 0 atom stereocenters. The van der Waals surface area contributed by atoms with Gasteiger partial charge in [0.05, 0.1) is 6.61 Å². The molecule has 1 saturated carbocycles. The number of nitrogens with zero attached hydrogens (tertiary/aromatic N) is 1. The van der Waals surface area contributed by atoms with Crippen LogP contribution in [0, 0.1) is 11.3 Å². The molecule has 0 unspecified atom stereocenters. The fourth-order valence-electron chi connectivity index (χ4n) is 1.93. The third-order valence-electron chi connectivity index (χ3n) is 3.26. The molecule has 0 radical (unpaired) electrons. The second-order valence-electron chi connectivity index (χ2n) is 4.60. The Balaban J connectivity index is 1.73.